The van der Waals surface area contributed by atoms with Gasteiger partial charge in [-0.3, -0.25) is 0 Å². The first kappa shape index (κ1) is 13.3. The Kier molecular flexibility index (Phi) is 5.96. The van der Waals surface area contributed by atoms with Gasteiger partial charge >= 0.3 is 0 Å². The Morgan fingerprint density at radius 2 is 2.20 bits per heavy atom. The highest BCUT2D eigenvalue weighted by atomic mass is 32.2. The van der Waals surface area contributed by atoms with Crippen molar-refractivity contribution in [3.05, 3.63) is 0 Å². The van der Waals surface area contributed by atoms with Gasteiger partial charge in [-0.1, -0.05) is 0 Å². The minimum absolute atomic E-state index is 0.171. The molecule has 6 heteroatoms. The molecule has 2 N–H and O–H groups in total. The number of rotatable bonds is 7. The minimum atomic E-state index is -3.04. The van der Waals surface area contributed by atoms with Crippen molar-refractivity contribution in [3.63, 3.8) is 0 Å². The summed E-state index contributed by atoms with van der Waals surface area (Å²) >= 11 is 1.82. The SMILES string of the molecule is CNCCCCS(=O)(=O)NC1CCSC1. The van der Waals surface area contributed by atoms with Crippen LogP contribution in [0.15, 0.2) is 0 Å². The maximum atomic E-state index is 11.6. The van der Waals surface area contributed by atoms with Crippen molar-refractivity contribution in [2.75, 3.05) is 30.9 Å². The van der Waals surface area contributed by atoms with Gasteiger partial charge in [-0.15, -0.1) is 0 Å². The van der Waals surface area contributed by atoms with Crippen LogP contribution < -0.4 is 10.0 Å². The van der Waals surface area contributed by atoms with Crippen molar-refractivity contribution < 1.29 is 8.42 Å². The number of hydrogen-bond donors (Lipinski definition) is 2. The summed E-state index contributed by atoms with van der Waals surface area (Å²) in [5, 5.41) is 3.01. The van der Waals surface area contributed by atoms with Crippen molar-refractivity contribution in [2.45, 2.75) is 25.3 Å². The maximum absolute atomic E-state index is 11.6. The van der Waals surface area contributed by atoms with Crippen LogP contribution in [0, 0.1) is 0 Å². The molecule has 0 aromatic heterocycles. The van der Waals surface area contributed by atoms with Crippen LogP contribution in [0.5, 0.6) is 0 Å². The monoisotopic (exact) mass is 252 g/mol. The summed E-state index contributed by atoms with van der Waals surface area (Å²) in [7, 11) is -1.16. The molecule has 0 spiro atoms. The Morgan fingerprint density at radius 3 is 2.80 bits per heavy atom. The third-order valence-electron chi connectivity index (χ3n) is 2.37. The zero-order chi connectivity index (χ0) is 11.1. The van der Waals surface area contributed by atoms with E-state index in [0.717, 1.165) is 37.3 Å². The van der Waals surface area contributed by atoms with Crippen LogP contribution >= 0.6 is 11.8 Å². The second kappa shape index (κ2) is 6.73. The van der Waals surface area contributed by atoms with E-state index in [4.69, 9.17) is 0 Å². The molecule has 90 valence electrons. The lowest BCUT2D eigenvalue weighted by atomic mass is 10.3. The number of unbranched alkanes of at least 4 members (excludes halogenated alkanes) is 1. The molecule has 0 aliphatic carbocycles. The molecule has 0 radical (unpaired) electrons. The highest BCUT2D eigenvalue weighted by Crippen LogP contribution is 2.17. The largest absolute Gasteiger partial charge is 0.320 e. The lowest BCUT2D eigenvalue weighted by Gasteiger charge is -2.11. The Balaban J connectivity index is 2.19. The van der Waals surface area contributed by atoms with Crippen LogP contribution in [-0.4, -0.2) is 45.3 Å². The first-order valence-electron chi connectivity index (χ1n) is 5.36. The predicted octanol–water partition coefficient (Wildman–Crippen LogP) is 0.411. The van der Waals surface area contributed by atoms with Crippen molar-refractivity contribution in [2.24, 2.45) is 0 Å². The molecule has 0 amide bonds. The molecule has 1 heterocycles. The molecule has 1 atom stereocenters. The predicted molar refractivity (Wildman–Crippen MR) is 65.8 cm³/mol. The molecular weight excluding hydrogens is 232 g/mol. The summed E-state index contributed by atoms with van der Waals surface area (Å²) in [5.41, 5.74) is 0. The third kappa shape index (κ3) is 5.75. The van der Waals surface area contributed by atoms with E-state index in [-0.39, 0.29) is 11.8 Å². The topological polar surface area (TPSA) is 58.2 Å². The molecule has 0 bridgehead atoms. The van der Waals surface area contributed by atoms with E-state index in [9.17, 15) is 8.42 Å². The van der Waals surface area contributed by atoms with Crippen LogP contribution in [0.2, 0.25) is 0 Å². The van der Waals surface area contributed by atoms with Crippen molar-refractivity contribution >= 4 is 21.8 Å². The molecule has 0 aromatic rings. The number of thioether (sulfide) groups is 1. The van der Waals surface area contributed by atoms with Crippen LogP contribution in [0.1, 0.15) is 19.3 Å². The summed E-state index contributed by atoms with van der Waals surface area (Å²) in [5.74, 6) is 2.26. The van der Waals surface area contributed by atoms with E-state index < -0.39 is 10.0 Å². The summed E-state index contributed by atoms with van der Waals surface area (Å²) in [6.07, 6.45) is 2.62. The average molecular weight is 252 g/mol. The van der Waals surface area contributed by atoms with Gasteiger partial charge in [-0.05, 0) is 38.6 Å². The van der Waals surface area contributed by atoms with E-state index in [0.29, 0.717) is 0 Å². The summed E-state index contributed by atoms with van der Waals surface area (Å²) in [6.45, 7) is 0.884. The number of nitrogens with one attached hydrogen (secondary N) is 2. The zero-order valence-corrected chi connectivity index (χ0v) is 10.8. The van der Waals surface area contributed by atoms with Gasteiger partial charge in [0, 0.05) is 11.8 Å². The molecule has 0 aromatic carbocycles. The van der Waals surface area contributed by atoms with Gasteiger partial charge in [-0.2, -0.15) is 11.8 Å². The first-order chi connectivity index (χ1) is 7.14. The second-order valence-electron chi connectivity index (χ2n) is 3.81. The quantitative estimate of drug-likeness (QED) is 0.644. The van der Waals surface area contributed by atoms with Gasteiger partial charge in [0.25, 0.3) is 0 Å². The van der Waals surface area contributed by atoms with Gasteiger partial charge in [0.1, 0.15) is 0 Å². The smallest absolute Gasteiger partial charge is 0.211 e. The van der Waals surface area contributed by atoms with E-state index in [1.165, 1.54) is 0 Å². The van der Waals surface area contributed by atoms with Gasteiger partial charge in [0.2, 0.25) is 10.0 Å². The van der Waals surface area contributed by atoms with Crippen molar-refractivity contribution in [3.8, 4) is 0 Å². The zero-order valence-electron chi connectivity index (χ0n) is 9.16. The van der Waals surface area contributed by atoms with Crippen LogP contribution in [-0.2, 0) is 10.0 Å². The molecule has 1 saturated heterocycles. The number of sulfonamides is 1. The molecule has 15 heavy (non-hydrogen) atoms. The molecule has 1 rings (SSSR count). The lowest BCUT2D eigenvalue weighted by molar-refractivity contribution is 0.558. The normalized spacial score (nSPS) is 22.1. The Hall–Kier alpha value is 0.220. The number of hydrogen-bond acceptors (Lipinski definition) is 4. The van der Waals surface area contributed by atoms with Gasteiger partial charge in [0.15, 0.2) is 0 Å². The summed E-state index contributed by atoms with van der Waals surface area (Å²) in [6, 6.07) is 0.171. The summed E-state index contributed by atoms with van der Waals surface area (Å²) < 4.78 is 26.0. The van der Waals surface area contributed by atoms with Crippen molar-refractivity contribution in [1.82, 2.24) is 10.0 Å². The molecule has 1 fully saturated rings. The molecule has 1 aliphatic rings. The average Bonchev–Trinajstić information content (AvgIpc) is 2.64. The molecular formula is C9H20N2O2S2. The fourth-order valence-electron chi connectivity index (χ4n) is 1.53. The van der Waals surface area contributed by atoms with Crippen molar-refractivity contribution in [1.29, 1.82) is 0 Å². The third-order valence-corrected chi connectivity index (χ3v) is 5.05. The second-order valence-corrected chi connectivity index (χ2v) is 6.83. The maximum Gasteiger partial charge on any atom is 0.211 e. The molecule has 1 aliphatic heterocycles. The Morgan fingerprint density at radius 1 is 1.40 bits per heavy atom. The minimum Gasteiger partial charge on any atom is -0.320 e. The first-order valence-corrected chi connectivity index (χ1v) is 8.17. The molecule has 1 unspecified atom stereocenters. The Labute approximate surface area is 96.6 Å². The summed E-state index contributed by atoms with van der Waals surface area (Å²) in [4.78, 5) is 0. The van der Waals surface area contributed by atoms with E-state index >= 15 is 0 Å². The van der Waals surface area contributed by atoms with Crippen LogP contribution in [0.4, 0.5) is 0 Å². The fourth-order valence-corrected chi connectivity index (χ4v) is 4.20. The van der Waals surface area contributed by atoms with Crippen LogP contribution in [0.25, 0.3) is 0 Å². The van der Waals surface area contributed by atoms with Gasteiger partial charge < -0.3 is 5.32 Å². The van der Waals surface area contributed by atoms with E-state index in [2.05, 4.69) is 10.0 Å². The lowest BCUT2D eigenvalue weighted by Crippen LogP contribution is -2.36. The van der Waals surface area contributed by atoms with E-state index in [1.807, 2.05) is 18.8 Å². The highest BCUT2D eigenvalue weighted by Gasteiger charge is 2.20. The molecule has 4 nitrogen and oxygen atoms in total. The standard InChI is InChI=1S/C9H20N2O2S2/c1-10-5-2-3-7-15(12,13)11-9-4-6-14-8-9/h9-11H,2-8H2,1H3. The Bertz CT molecular complexity index is 261. The van der Waals surface area contributed by atoms with Crippen LogP contribution in [0.3, 0.4) is 0 Å². The van der Waals surface area contributed by atoms with Gasteiger partial charge in [-0.25, -0.2) is 13.1 Å². The fraction of sp³-hybridized carbons (Fsp3) is 1.00. The highest BCUT2D eigenvalue weighted by molar-refractivity contribution is 7.99. The molecule has 0 saturated carbocycles. The van der Waals surface area contributed by atoms with Gasteiger partial charge in [0.05, 0.1) is 5.75 Å². The van der Waals surface area contributed by atoms with E-state index in [1.54, 1.807) is 0 Å².